The number of benzene rings is 3. The van der Waals surface area contributed by atoms with Crippen LogP contribution in [0, 0.1) is 11.6 Å². The predicted octanol–water partition coefficient (Wildman–Crippen LogP) is 5.55. The first-order valence-corrected chi connectivity index (χ1v) is 10.9. The van der Waals surface area contributed by atoms with Crippen molar-refractivity contribution >= 4 is 27.5 Å². The molecule has 0 spiro atoms. The van der Waals surface area contributed by atoms with Crippen molar-refractivity contribution in [1.82, 2.24) is 4.57 Å². The molecule has 4 rings (SSSR count). The summed E-state index contributed by atoms with van der Waals surface area (Å²) in [5, 5.41) is 0. The Hall–Kier alpha value is -3.36. The van der Waals surface area contributed by atoms with E-state index in [0.717, 1.165) is 17.4 Å². The smallest absolute Gasteiger partial charge is 0.283 e. The standard InChI is InChI=1S/C24H20F2N2O3S/c1-2-30-13-12-28-22-19(26)14-16(25)15-21(22)32-24(28)27-23(29)18-10-6-7-11-20(18)31-17-8-4-3-5-9-17/h3-11,14-15H,2,12-13H2,1H3. The Morgan fingerprint density at radius 1 is 1.06 bits per heavy atom. The number of rotatable bonds is 7. The molecule has 0 aliphatic heterocycles. The second-order valence-corrected chi connectivity index (χ2v) is 7.80. The summed E-state index contributed by atoms with van der Waals surface area (Å²) in [7, 11) is 0. The number of hydrogen-bond acceptors (Lipinski definition) is 4. The number of hydrogen-bond donors (Lipinski definition) is 0. The minimum Gasteiger partial charge on any atom is -0.457 e. The van der Waals surface area contributed by atoms with Crippen LogP contribution in [0.4, 0.5) is 8.78 Å². The van der Waals surface area contributed by atoms with Crippen LogP contribution in [0.5, 0.6) is 11.5 Å². The number of fused-ring (bicyclic) bond motifs is 1. The van der Waals surface area contributed by atoms with Crippen LogP contribution in [0.15, 0.2) is 71.7 Å². The average Bonchev–Trinajstić information content (AvgIpc) is 3.12. The summed E-state index contributed by atoms with van der Waals surface area (Å²) >= 11 is 1.04. The van der Waals surface area contributed by atoms with E-state index in [1.807, 2.05) is 25.1 Å². The summed E-state index contributed by atoms with van der Waals surface area (Å²) in [5.41, 5.74) is 0.452. The van der Waals surface area contributed by atoms with Gasteiger partial charge in [0.25, 0.3) is 5.91 Å². The topological polar surface area (TPSA) is 52.8 Å². The van der Waals surface area contributed by atoms with E-state index in [1.165, 1.54) is 6.07 Å². The Balaban J connectivity index is 1.77. The van der Waals surface area contributed by atoms with Crippen molar-refractivity contribution in [2.45, 2.75) is 13.5 Å². The molecule has 4 aromatic rings. The zero-order valence-electron chi connectivity index (χ0n) is 17.3. The van der Waals surface area contributed by atoms with E-state index in [-0.39, 0.29) is 22.4 Å². The Bertz CT molecular complexity index is 1320. The summed E-state index contributed by atoms with van der Waals surface area (Å²) in [5.74, 6) is -1.01. The summed E-state index contributed by atoms with van der Waals surface area (Å²) in [4.78, 5) is 17.6. The van der Waals surface area contributed by atoms with E-state index in [1.54, 1.807) is 41.0 Å². The van der Waals surface area contributed by atoms with E-state index in [2.05, 4.69) is 4.99 Å². The third kappa shape index (κ3) is 4.76. The van der Waals surface area contributed by atoms with Gasteiger partial charge >= 0.3 is 0 Å². The first kappa shape index (κ1) is 21.9. The van der Waals surface area contributed by atoms with Gasteiger partial charge in [0.1, 0.15) is 17.3 Å². The molecule has 0 aliphatic carbocycles. The first-order valence-electron chi connectivity index (χ1n) is 10.0. The van der Waals surface area contributed by atoms with E-state index in [4.69, 9.17) is 9.47 Å². The Morgan fingerprint density at radius 2 is 1.81 bits per heavy atom. The molecule has 32 heavy (non-hydrogen) atoms. The number of halogens is 2. The maximum atomic E-state index is 14.6. The monoisotopic (exact) mass is 454 g/mol. The van der Waals surface area contributed by atoms with Gasteiger partial charge in [-0.1, -0.05) is 41.7 Å². The Kier molecular flexibility index (Phi) is 6.72. The number of para-hydroxylation sites is 2. The molecule has 0 atom stereocenters. The van der Waals surface area contributed by atoms with Gasteiger partial charge in [-0.2, -0.15) is 4.99 Å². The van der Waals surface area contributed by atoms with E-state index >= 15 is 0 Å². The number of amides is 1. The normalized spacial score (nSPS) is 11.8. The molecule has 3 aromatic carbocycles. The zero-order valence-corrected chi connectivity index (χ0v) is 18.1. The SMILES string of the molecule is CCOCCn1c(=NC(=O)c2ccccc2Oc2ccccc2)sc2cc(F)cc(F)c21. The predicted molar refractivity (Wildman–Crippen MR) is 119 cm³/mol. The molecule has 1 amide bonds. The zero-order chi connectivity index (χ0) is 22.5. The molecular formula is C24H20F2N2O3S. The maximum absolute atomic E-state index is 14.6. The van der Waals surface area contributed by atoms with Crippen LogP contribution in [0.1, 0.15) is 17.3 Å². The Morgan fingerprint density at radius 3 is 2.59 bits per heavy atom. The van der Waals surface area contributed by atoms with Crippen molar-refractivity contribution in [3.05, 3.63) is 88.7 Å². The molecule has 0 fully saturated rings. The minimum atomic E-state index is -0.713. The van der Waals surface area contributed by atoms with Gasteiger partial charge in [-0.3, -0.25) is 4.79 Å². The number of thiazole rings is 1. The number of carbonyl (C=O) groups is 1. The van der Waals surface area contributed by atoms with E-state index in [0.29, 0.717) is 29.4 Å². The molecule has 5 nitrogen and oxygen atoms in total. The quantitative estimate of drug-likeness (QED) is 0.344. The molecule has 0 aliphatic rings. The van der Waals surface area contributed by atoms with Gasteiger partial charge < -0.3 is 14.0 Å². The first-order chi connectivity index (χ1) is 15.6. The average molecular weight is 454 g/mol. The molecule has 1 aromatic heterocycles. The lowest BCUT2D eigenvalue weighted by atomic mass is 10.2. The van der Waals surface area contributed by atoms with Crippen molar-refractivity contribution in [2.24, 2.45) is 4.99 Å². The fourth-order valence-electron chi connectivity index (χ4n) is 3.22. The summed E-state index contributed by atoms with van der Waals surface area (Å²) in [6.45, 7) is 2.92. The van der Waals surface area contributed by atoms with Crippen molar-refractivity contribution in [3.8, 4) is 11.5 Å². The lowest BCUT2D eigenvalue weighted by molar-refractivity contribution is 0.0994. The minimum absolute atomic E-state index is 0.191. The van der Waals surface area contributed by atoms with Crippen LogP contribution >= 0.6 is 11.3 Å². The van der Waals surface area contributed by atoms with Crippen LogP contribution in [-0.2, 0) is 11.3 Å². The second kappa shape index (κ2) is 9.84. The van der Waals surface area contributed by atoms with Gasteiger partial charge in [0, 0.05) is 19.2 Å². The molecule has 0 unspecified atom stereocenters. The fraction of sp³-hybridized carbons (Fsp3) is 0.167. The maximum Gasteiger partial charge on any atom is 0.283 e. The largest absolute Gasteiger partial charge is 0.457 e. The van der Waals surface area contributed by atoms with E-state index in [9.17, 15) is 13.6 Å². The molecule has 0 N–H and O–H groups in total. The summed E-state index contributed by atoms with van der Waals surface area (Å²) in [6, 6.07) is 17.9. The highest BCUT2D eigenvalue weighted by atomic mass is 32.1. The highest BCUT2D eigenvalue weighted by Gasteiger charge is 2.16. The van der Waals surface area contributed by atoms with Crippen LogP contribution < -0.4 is 9.54 Å². The van der Waals surface area contributed by atoms with Gasteiger partial charge in [0.05, 0.1) is 22.4 Å². The molecule has 1 heterocycles. The van der Waals surface area contributed by atoms with E-state index < -0.39 is 17.5 Å². The van der Waals surface area contributed by atoms with Crippen molar-refractivity contribution in [3.63, 3.8) is 0 Å². The lowest BCUT2D eigenvalue weighted by Crippen LogP contribution is -2.20. The molecule has 0 saturated heterocycles. The molecule has 0 bridgehead atoms. The van der Waals surface area contributed by atoms with Gasteiger partial charge in [-0.15, -0.1) is 0 Å². The van der Waals surface area contributed by atoms with Crippen LogP contribution in [-0.4, -0.2) is 23.7 Å². The molecule has 8 heteroatoms. The highest BCUT2D eigenvalue weighted by molar-refractivity contribution is 7.16. The lowest BCUT2D eigenvalue weighted by Gasteiger charge is -2.09. The molecule has 164 valence electrons. The molecular weight excluding hydrogens is 434 g/mol. The van der Waals surface area contributed by atoms with Gasteiger partial charge in [-0.25, -0.2) is 8.78 Å². The van der Waals surface area contributed by atoms with Crippen molar-refractivity contribution < 1.29 is 23.0 Å². The molecule has 0 saturated carbocycles. The van der Waals surface area contributed by atoms with Crippen molar-refractivity contribution in [1.29, 1.82) is 0 Å². The van der Waals surface area contributed by atoms with Gasteiger partial charge in [0.15, 0.2) is 10.6 Å². The summed E-state index contributed by atoms with van der Waals surface area (Å²) < 4.78 is 41.5. The third-order valence-electron chi connectivity index (χ3n) is 4.64. The second-order valence-electron chi connectivity index (χ2n) is 6.80. The third-order valence-corrected chi connectivity index (χ3v) is 5.67. The highest BCUT2D eigenvalue weighted by Crippen LogP contribution is 2.26. The number of aromatic nitrogens is 1. The fourth-order valence-corrected chi connectivity index (χ4v) is 4.31. The van der Waals surface area contributed by atoms with Crippen LogP contribution in [0.25, 0.3) is 10.2 Å². The van der Waals surface area contributed by atoms with Gasteiger partial charge in [0.2, 0.25) is 0 Å². The van der Waals surface area contributed by atoms with Crippen LogP contribution in [0.2, 0.25) is 0 Å². The summed E-state index contributed by atoms with van der Waals surface area (Å²) in [6.07, 6.45) is 0. The van der Waals surface area contributed by atoms with Crippen molar-refractivity contribution in [2.75, 3.05) is 13.2 Å². The van der Waals surface area contributed by atoms with Crippen LogP contribution in [0.3, 0.4) is 0 Å². The number of ether oxygens (including phenoxy) is 2. The number of carbonyl (C=O) groups excluding carboxylic acids is 1. The van der Waals surface area contributed by atoms with Gasteiger partial charge in [-0.05, 0) is 37.3 Å². The molecule has 0 radical (unpaired) electrons. The Labute approximate surface area is 187 Å². The number of nitrogens with zero attached hydrogens (tertiary/aromatic N) is 2.